The molecule has 9 nitrogen and oxygen atoms in total. The molecule has 3 aromatic heterocycles. The van der Waals surface area contributed by atoms with E-state index < -0.39 is 23.1 Å². The molecule has 0 saturated heterocycles. The number of aromatic nitrogens is 4. The Balaban J connectivity index is 1.43. The molecule has 0 unspecified atom stereocenters. The Kier molecular flexibility index (Phi) is 7.95. The van der Waals surface area contributed by atoms with Crippen LogP contribution in [0.15, 0.2) is 42.9 Å². The van der Waals surface area contributed by atoms with Crippen LogP contribution in [0.25, 0.3) is 5.82 Å². The van der Waals surface area contributed by atoms with Crippen molar-refractivity contribution in [3.63, 3.8) is 0 Å². The van der Waals surface area contributed by atoms with Gasteiger partial charge in [-0.25, -0.2) is 9.67 Å². The van der Waals surface area contributed by atoms with E-state index in [9.17, 15) is 28.0 Å². The summed E-state index contributed by atoms with van der Waals surface area (Å²) in [4.78, 5) is 35.4. The van der Waals surface area contributed by atoms with E-state index >= 15 is 0 Å². The van der Waals surface area contributed by atoms with Crippen LogP contribution in [0.2, 0.25) is 0 Å². The van der Waals surface area contributed by atoms with E-state index in [0.717, 1.165) is 6.07 Å². The Labute approximate surface area is 230 Å². The minimum atomic E-state index is -4.50. The molecule has 210 valence electrons. The number of nitrogens with one attached hydrogen (secondary N) is 1. The number of hydrogen-bond acceptors (Lipinski definition) is 6. The fourth-order valence-corrected chi connectivity index (χ4v) is 4.99. The van der Waals surface area contributed by atoms with Crippen molar-refractivity contribution in [1.29, 1.82) is 5.26 Å². The Morgan fingerprint density at radius 3 is 2.35 bits per heavy atom. The fourth-order valence-electron chi connectivity index (χ4n) is 4.99. The quantitative estimate of drug-likeness (QED) is 0.456. The van der Waals surface area contributed by atoms with Crippen molar-refractivity contribution in [1.82, 2.24) is 24.6 Å². The van der Waals surface area contributed by atoms with Gasteiger partial charge >= 0.3 is 6.18 Å². The number of nitrogens with zero attached hydrogens (tertiary/aromatic N) is 6. The van der Waals surface area contributed by atoms with Gasteiger partial charge in [-0.3, -0.25) is 14.6 Å². The first-order chi connectivity index (χ1) is 18.9. The molecule has 2 amide bonds. The number of halogens is 3. The molecule has 0 bridgehead atoms. The second kappa shape index (κ2) is 11.1. The van der Waals surface area contributed by atoms with Crippen LogP contribution in [0, 0.1) is 24.2 Å². The number of anilines is 1. The van der Waals surface area contributed by atoms with Crippen LogP contribution >= 0.6 is 0 Å². The van der Waals surface area contributed by atoms with Crippen LogP contribution in [0.1, 0.15) is 66.8 Å². The van der Waals surface area contributed by atoms with Gasteiger partial charge < -0.3 is 10.2 Å². The van der Waals surface area contributed by atoms with E-state index in [1.54, 1.807) is 24.0 Å². The van der Waals surface area contributed by atoms with E-state index in [1.165, 1.54) is 23.1 Å². The molecule has 0 spiro atoms. The highest BCUT2D eigenvalue weighted by Crippen LogP contribution is 2.40. The van der Waals surface area contributed by atoms with E-state index in [0.29, 0.717) is 49.0 Å². The van der Waals surface area contributed by atoms with Gasteiger partial charge in [0.2, 0.25) is 5.91 Å². The third kappa shape index (κ3) is 5.68. The molecule has 0 aliphatic heterocycles. The number of carbonyl (C=O) groups is 2. The predicted molar refractivity (Wildman–Crippen MR) is 140 cm³/mol. The molecule has 12 heteroatoms. The molecular formula is C28H30F3N7O2. The first-order valence-electron chi connectivity index (χ1n) is 12.9. The highest BCUT2D eigenvalue weighted by atomic mass is 19.4. The highest BCUT2D eigenvalue weighted by Gasteiger charge is 2.40. The van der Waals surface area contributed by atoms with Crippen LogP contribution in [-0.2, 0) is 16.4 Å². The monoisotopic (exact) mass is 553 g/mol. The van der Waals surface area contributed by atoms with Crippen molar-refractivity contribution in [3.8, 4) is 11.9 Å². The minimum absolute atomic E-state index is 0.0804. The Morgan fingerprint density at radius 1 is 1.12 bits per heavy atom. The lowest BCUT2D eigenvalue weighted by molar-refractivity contribution is -0.138. The maximum absolute atomic E-state index is 12.9. The van der Waals surface area contributed by atoms with E-state index in [1.807, 2.05) is 20.9 Å². The molecule has 3 aromatic rings. The fraction of sp³-hybridized carbons (Fsp3) is 0.429. The van der Waals surface area contributed by atoms with Gasteiger partial charge in [-0.15, -0.1) is 0 Å². The molecule has 4 rings (SSSR count). The second-order valence-electron chi connectivity index (χ2n) is 10.4. The zero-order valence-corrected chi connectivity index (χ0v) is 22.7. The molecule has 1 aliphatic carbocycles. The van der Waals surface area contributed by atoms with Crippen LogP contribution in [0.5, 0.6) is 0 Å². The number of rotatable bonds is 6. The normalized spacial score (nSPS) is 19.2. The van der Waals surface area contributed by atoms with E-state index in [4.69, 9.17) is 0 Å². The lowest BCUT2D eigenvalue weighted by Gasteiger charge is -2.39. The van der Waals surface area contributed by atoms with Crippen molar-refractivity contribution in [2.24, 2.45) is 5.92 Å². The molecule has 3 heterocycles. The van der Waals surface area contributed by atoms with Crippen LogP contribution < -0.4 is 5.32 Å². The third-order valence-corrected chi connectivity index (χ3v) is 7.47. The smallest absolute Gasteiger partial charge is 0.343 e. The largest absolute Gasteiger partial charge is 0.417 e. The molecule has 40 heavy (non-hydrogen) atoms. The number of amides is 2. The summed E-state index contributed by atoms with van der Waals surface area (Å²) in [5.41, 5.74) is -0.00483. The second-order valence-corrected chi connectivity index (χ2v) is 10.4. The maximum Gasteiger partial charge on any atom is 0.417 e. The van der Waals surface area contributed by atoms with Gasteiger partial charge in [0.15, 0.2) is 5.82 Å². The number of alkyl halides is 3. The number of pyridine rings is 2. The molecule has 0 radical (unpaired) electrons. The third-order valence-electron chi connectivity index (χ3n) is 7.47. The number of carbonyl (C=O) groups excluding carboxylic acids is 2. The van der Waals surface area contributed by atoms with Gasteiger partial charge in [-0.05, 0) is 56.9 Å². The van der Waals surface area contributed by atoms with Crippen LogP contribution in [-0.4, -0.2) is 49.6 Å². The summed E-state index contributed by atoms with van der Waals surface area (Å²) >= 11 is 0. The summed E-state index contributed by atoms with van der Waals surface area (Å²) in [6.45, 7) is 5.35. The lowest BCUT2D eigenvalue weighted by atomic mass is 9.71. The topological polar surface area (TPSA) is 117 Å². The maximum atomic E-state index is 12.9. The SMILES string of the molecule is Cc1c(C(=O)Nc2ccc([C@]3(C#N)CC[C@@H](N(C)C(=O)C(C)C)CC3)nc2)cnn1-c1ccc(C(F)(F)F)cn1. The average molecular weight is 554 g/mol. The summed E-state index contributed by atoms with van der Waals surface area (Å²) < 4.78 is 39.8. The van der Waals surface area contributed by atoms with Gasteiger partial charge in [0.25, 0.3) is 5.91 Å². The molecular weight excluding hydrogens is 523 g/mol. The molecule has 0 aromatic carbocycles. The Hall–Kier alpha value is -4.27. The lowest BCUT2D eigenvalue weighted by Crippen LogP contribution is -2.44. The van der Waals surface area contributed by atoms with Crippen molar-refractivity contribution in [2.75, 3.05) is 12.4 Å². The first-order valence-corrected chi connectivity index (χ1v) is 12.9. The van der Waals surface area contributed by atoms with E-state index in [2.05, 4.69) is 26.5 Å². The summed E-state index contributed by atoms with van der Waals surface area (Å²) in [6, 6.07) is 8.01. The molecule has 1 fully saturated rings. The standard InChI is InChI=1S/C28H30F3N7O2/c1-17(2)26(40)37(4)21-9-11-27(16-32,12-10-21)23-7-6-20(14-33-23)36-25(39)22-15-35-38(18(22)3)24-8-5-19(13-34-24)28(29,30)31/h5-8,13-15,17,21H,9-12H2,1-4H3,(H,36,39)/t21-,27-. The zero-order valence-electron chi connectivity index (χ0n) is 22.7. The van der Waals surface area contributed by atoms with Crippen molar-refractivity contribution in [3.05, 3.63) is 65.4 Å². The zero-order chi connectivity index (χ0) is 29.2. The van der Waals surface area contributed by atoms with Gasteiger partial charge in [0, 0.05) is 25.2 Å². The summed E-state index contributed by atoms with van der Waals surface area (Å²) in [6.07, 6.45) is 1.54. The van der Waals surface area contributed by atoms with Gasteiger partial charge in [-0.2, -0.15) is 23.5 Å². The summed E-state index contributed by atoms with van der Waals surface area (Å²) in [5.74, 6) is -0.328. The molecule has 1 saturated carbocycles. The number of nitriles is 1. The number of hydrogen-bond donors (Lipinski definition) is 1. The Morgan fingerprint density at radius 2 is 1.82 bits per heavy atom. The minimum Gasteiger partial charge on any atom is -0.343 e. The molecule has 0 atom stereocenters. The first kappa shape index (κ1) is 28.7. The van der Waals surface area contributed by atoms with Gasteiger partial charge in [-0.1, -0.05) is 13.8 Å². The summed E-state index contributed by atoms with van der Waals surface area (Å²) in [7, 11) is 1.81. The molecule has 1 N–H and O–H groups in total. The average Bonchev–Trinajstić information content (AvgIpc) is 3.33. The molecule has 1 aliphatic rings. The van der Waals surface area contributed by atoms with E-state index in [-0.39, 0.29) is 29.2 Å². The Bertz CT molecular complexity index is 1420. The van der Waals surface area contributed by atoms with Crippen molar-refractivity contribution < 1.29 is 22.8 Å². The van der Waals surface area contributed by atoms with Crippen LogP contribution in [0.4, 0.5) is 18.9 Å². The summed E-state index contributed by atoms with van der Waals surface area (Å²) in [5, 5.41) is 16.9. The highest BCUT2D eigenvalue weighted by molar-refractivity contribution is 6.04. The van der Waals surface area contributed by atoms with Crippen LogP contribution in [0.3, 0.4) is 0 Å². The van der Waals surface area contributed by atoms with Crippen molar-refractivity contribution in [2.45, 2.75) is 64.1 Å². The predicted octanol–water partition coefficient (Wildman–Crippen LogP) is 5.06. The van der Waals surface area contributed by atoms with Gasteiger partial charge in [0.1, 0.15) is 0 Å². The van der Waals surface area contributed by atoms with Gasteiger partial charge in [0.05, 0.1) is 52.1 Å². The van der Waals surface area contributed by atoms with Crippen molar-refractivity contribution >= 4 is 17.5 Å².